The van der Waals surface area contributed by atoms with Crippen LogP contribution in [0.15, 0.2) is 66.8 Å². The number of anilines is 1. The number of aliphatic hydroxyl groups is 1. The predicted molar refractivity (Wildman–Crippen MR) is 145 cm³/mol. The van der Waals surface area contributed by atoms with E-state index in [0.29, 0.717) is 32.5 Å². The number of rotatable bonds is 5. The number of likely N-dealkylation sites (N-methyl/N-ethyl adjacent to an activating group) is 1. The van der Waals surface area contributed by atoms with E-state index in [1.807, 2.05) is 60.7 Å². The molecule has 0 aliphatic carbocycles. The molecule has 1 unspecified atom stereocenters. The first-order chi connectivity index (χ1) is 18.0. The Balaban J connectivity index is 1.44. The van der Waals surface area contributed by atoms with Crippen molar-refractivity contribution in [3.05, 3.63) is 66.8 Å². The van der Waals surface area contributed by atoms with E-state index >= 15 is 0 Å². The molecule has 1 N–H and O–H groups in total. The molecule has 1 spiro atoms. The minimum Gasteiger partial charge on any atom is -0.396 e. The third-order valence-corrected chi connectivity index (χ3v) is 9.96. The van der Waals surface area contributed by atoms with Crippen LogP contribution in [0.2, 0.25) is 0 Å². The summed E-state index contributed by atoms with van der Waals surface area (Å²) in [6.07, 6.45) is 9.24. The highest BCUT2D eigenvalue weighted by molar-refractivity contribution is 8.02. The van der Waals surface area contributed by atoms with Crippen LogP contribution in [0, 0.1) is 11.8 Å². The van der Waals surface area contributed by atoms with Crippen LogP contribution in [0.1, 0.15) is 12.8 Å². The Morgan fingerprint density at radius 3 is 2.59 bits per heavy atom. The minimum absolute atomic E-state index is 0.0336. The van der Waals surface area contributed by atoms with Crippen molar-refractivity contribution in [2.75, 3.05) is 38.2 Å². The molecule has 4 aliphatic heterocycles. The van der Waals surface area contributed by atoms with Crippen LogP contribution in [0.3, 0.4) is 0 Å². The van der Waals surface area contributed by atoms with Crippen LogP contribution in [0.25, 0.3) is 10.8 Å². The molecule has 0 radical (unpaired) electrons. The largest absolute Gasteiger partial charge is 0.396 e. The van der Waals surface area contributed by atoms with Gasteiger partial charge in [0.05, 0.1) is 16.6 Å². The Labute approximate surface area is 220 Å². The lowest BCUT2D eigenvalue weighted by atomic mass is 9.78. The molecule has 2 aromatic rings. The average Bonchev–Trinajstić information content (AvgIpc) is 3.22. The summed E-state index contributed by atoms with van der Waals surface area (Å²) in [5, 5.41) is 11.4. The van der Waals surface area contributed by atoms with Gasteiger partial charge in [0.15, 0.2) is 0 Å². The molecule has 0 bridgehead atoms. The number of unbranched alkanes of at least 4 members (excludes halogenated alkanes) is 1. The van der Waals surface area contributed by atoms with Gasteiger partial charge in [-0.3, -0.25) is 14.4 Å². The highest BCUT2D eigenvalue weighted by atomic mass is 32.2. The van der Waals surface area contributed by atoms with E-state index < -0.39 is 22.6 Å². The molecule has 4 heterocycles. The topological polar surface area (TPSA) is 81.2 Å². The second-order valence-corrected chi connectivity index (χ2v) is 11.8. The zero-order valence-electron chi connectivity index (χ0n) is 20.8. The van der Waals surface area contributed by atoms with Gasteiger partial charge in [-0.2, -0.15) is 0 Å². The third kappa shape index (κ3) is 3.72. The average molecular weight is 518 g/mol. The molecule has 0 aromatic heterocycles. The molecule has 6 rings (SSSR count). The van der Waals surface area contributed by atoms with Crippen LogP contribution >= 0.6 is 11.8 Å². The fourth-order valence-electron chi connectivity index (χ4n) is 6.47. The molecule has 2 saturated heterocycles. The SMILES string of the molecule is CN1CC=C[C@@H]2S[C@]34C=CCN(c5ccc6ccccc6c5)C(=O)C3N(CCCCO)C(=O)[C@@H]4[C@@H]2C1=O. The highest BCUT2D eigenvalue weighted by Gasteiger charge is 2.70. The summed E-state index contributed by atoms with van der Waals surface area (Å²) in [7, 11) is 1.77. The first kappa shape index (κ1) is 24.2. The number of thioether (sulfide) groups is 1. The molecule has 3 amide bonds. The van der Waals surface area contributed by atoms with Crippen LogP contribution in [-0.2, 0) is 14.4 Å². The van der Waals surface area contributed by atoms with Crippen molar-refractivity contribution in [3.63, 3.8) is 0 Å². The van der Waals surface area contributed by atoms with E-state index in [1.165, 1.54) is 0 Å². The lowest BCUT2D eigenvalue weighted by Gasteiger charge is -2.35. The summed E-state index contributed by atoms with van der Waals surface area (Å²) in [5.41, 5.74) is 0.796. The van der Waals surface area contributed by atoms with Gasteiger partial charge in [0.1, 0.15) is 6.04 Å². The van der Waals surface area contributed by atoms with Gasteiger partial charge in [-0.15, -0.1) is 11.8 Å². The van der Waals surface area contributed by atoms with Gasteiger partial charge >= 0.3 is 0 Å². The van der Waals surface area contributed by atoms with Crippen LogP contribution in [0.5, 0.6) is 0 Å². The molecule has 0 saturated carbocycles. The Bertz CT molecular complexity index is 1330. The number of amides is 3. The van der Waals surface area contributed by atoms with E-state index in [0.717, 1.165) is 16.5 Å². The van der Waals surface area contributed by atoms with Gasteiger partial charge in [0.2, 0.25) is 11.8 Å². The number of carbonyl (C=O) groups excluding carboxylic acids is 3. The van der Waals surface area contributed by atoms with E-state index in [9.17, 15) is 19.5 Å². The summed E-state index contributed by atoms with van der Waals surface area (Å²) < 4.78 is -0.813. The number of fused-ring (bicyclic) bond motifs is 3. The molecule has 5 atom stereocenters. The molecular formula is C29H31N3O4S. The first-order valence-electron chi connectivity index (χ1n) is 12.9. The smallest absolute Gasteiger partial charge is 0.251 e. The third-order valence-electron chi connectivity index (χ3n) is 8.21. The summed E-state index contributed by atoms with van der Waals surface area (Å²) in [4.78, 5) is 47.2. The Hall–Kier alpha value is -3.10. The maximum Gasteiger partial charge on any atom is 0.251 e. The first-order valence-corrected chi connectivity index (χ1v) is 13.8. The zero-order chi connectivity index (χ0) is 25.7. The summed E-state index contributed by atoms with van der Waals surface area (Å²) in [5.74, 6) is -1.38. The number of hydrogen-bond acceptors (Lipinski definition) is 5. The Morgan fingerprint density at radius 2 is 1.78 bits per heavy atom. The van der Waals surface area contributed by atoms with Crippen LogP contribution in [0.4, 0.5) is 5.69 Å². The van der Waals surface area contributed by atoms with Gasteiger partial charge in [-0.1, -0.05) is 54.6 Å². The summed E-state index contributed by atoms with van der Waals surface area (Å²) in [6, 6.07) is 13.3. The number of likely N-dealkylation sites (tertiary alicyclic amines) is 1. The van der Waals surface area contributed by atoms with E-state index in [4.69, 9.17) is 0 Å². The van der Waals surface area contributed by atoms with Crippen LogP contribution < -0.4 is 4.90 Å². The monoisotopic (exact) mass is 517 g/mol. The van der Waals surface area contributed by atoms with Gasteiger partial charge in [-0.25, -0.2) is 0 Å². The molecule has 8 heteroatoms. The number of nitrogens with zero attached hydrogens (tertiary/aromatic N) is 3. The fraction of sp³-hybridized carbons (Fsp3) is 0.414. The van der Waals surface area contributed by atoms with Crippen molar-refractivity contribution < 1.29 is 19.5 Å². The molecule has 7 nitrogen and oxygen atoms in total. The van der Waals surface area contributed by atoms with Gasteiger partial charge in [0.25, 0.3) is 5.91 Å². The number of benzene rings is 2. The Kier molecular flexibility index (Phi) is 6.12. The molecule has 4 aliphatic rings. The van der Waals surface area contributed by atoms with Gasteiger partial charge < -0.3 is 19.8 Å². The molecule has 37 heavy (non-hydrogen) atoms. The fourth-order valence-corrected chi connectivity index (χ4v) is 8.48. The molecule has 192 valence electrons. The van der Waals surface area contributed by atoms with Crippen molar-refractivity contribution in [1.82, 2.24) is 9.80 Å². The second kappa shape index (κ2) is 9.33. The van der Waals surface area contributed by atoms with Crippen molar-refractivity contribution in [3.8, 4) is 0 Å². The molecular weight excluding hydrogens is 486 g/mol. The Morgan fingerprint density at radius 1 is 0.973 bits per heavy atom. The van der Waals surface area contributed by atoms with E-state index in [2.05, 4.69) is 6.08 Å². The lowest BCUT2D eigenvalue weighted by molar-refractivity contribution is -0.142. The minimum atomic E-state index is -0.813. The van der Waals surface area contributed by atoms with E-state index in [-0.39, 0.29) is 29.6 Å². The van der Waals surface area contributed by atoms with Crippen LogP contribution in [-0.4, -0.2) is 82.0 Å². The summed E-state index contributed by atoms with van der Waals surface area (Å²) >= 11 is 1.60. The second-order valence-electron chi connectivity index (χ2n) is 10.3. The normalized spacial score (nSPS) is 31.0. The van der Waals surface area contributed by atoms with Crippen molar-refractivity contribution in [2.24, 2.45) is 11.8 Å². The molecule has 2 fully saturated rings. The van der Waals surface area contributed by atoms with Crippen molar-refractivity contribution >= 4 is 45.9 Å². The number of aliphatic hydroxyl groups excluding tert-OH is 1. The molecule has 2 aromatic carbocycles. The number of carbonyl (C=O) groups is 3. The maximum absolute atomic E-state index is 14.4. The van der Waals surface area contributed by atoms with Crippen molar-refractivity contribution in [1.29, 1.82) is 0 Å². The highest BCUT2D eigenvalue weighted by Crippen LogP contribution is 2.61. The lowest BCUT2D eigenvalue weighted by Crippen LogP contribution is -2.53. The predicted octanol–water partition coefficient (Wildman–Crippen LogP) is 2.84. The van der Waals surface area contributed by atoms with Gasteiger partial charge in [-0.05, 0) is 35.7 Å². The standard InChI is InChI=1S/C29H31N3O4S/c1-30-14-6-10-22-23(26(30)34)24-27(35)32(15-4-5-17-33)25-28(36)31(16-7-13-29(24,25)37-22)21-12-11-19-8-2-3-9-20(19)18-21/h2-3,6-13,18,22-25,33H,4-5,14-17H2,1H3/t22-,23+,24-,25?,29-/m0/s1. The zero-order valence-corrected chi connectivity index (χ0v) is 21.6. The summed E-state index contributed by atoms with van der Waals surface area (Å²) in [6.45, 7) is 1.34. The van der Waals surface area contributed by atoms with Crippen molar-refractivity contribution in [2.45, 2.75) is 28.9 Å². The number of hydrogen-bond donors (Lipinski definition) is 1. The quantitative estimate of drug-likeness (QED) is 0.487. The van der Waals surface area contributed by atoms with Gasteiger partial charge in [0, 0.05) is 44.2 Å². The maximum atomic E-state index is 14.4. The van der Waals surface area contributed by atoms with E-state index in [1.54, 1.807) is 33.5 Å².